The van der Waals surface area contributed by atoms with Gasteiger partial charge in [-0.05, 0) is 72.5 Å². The summed E-state index contributed by atoms with van der Waals surface area (Å²) >= 11 is 0. The average Bonchev–Trinajstić information content (AvgIpc) is 3.02. The van der Waals surface area contributed by atoms with E-state index in [1.807, 2.05) is 6.07 Å². The molecule has 2 aromatic rings. The molecule has 1 unspecified atom stereocenters. The summed E-state index contributed by atoms with van der Waals surface area (Å²) < 4.78 is 10.9. The Kier molecular flexibility index (Phi) is 3.51. The Balaban J connectivity index is 1.72. The molecule has 0 fully saturated rings. The quantitative estimate of drug-likeness (QED) is 0.935. The zero-order valence-electron chi connectivity index (χ0n) is 12.7. The number of hydrogen-bond donors (Lipinski definition) is 1. The Hall–Kier alpha value is -2.00. The summed E-state index contributed by atoms with van der Waals surface area (Å²) in [7, 11) is 0. The van der Waals surface area contributed by atoms with Crippen LogP contribution in [-0.4, -0.2) is 13.3 Å². The van der Waals surface area contributed by atoms with E-state index in [9.17, 15) is 0 Å². The summed E-state index contributed by atoms with van der Waals surface area (Å²) in [5, 5.41) is 0. The van der Waals surface area contributed by atoms with Crippen molar-refractivity contribution >= 4 is 0 Å². The molecule has 0 saturated carbocycles. The van der Waals surface area contributed by atoms with Crippen LogP contribution in [0.4, 0.5) is 0 Å². The molecular weight excluding hydrogens is 274 g/mol. The number of fused-ring (bicyclic) bond motifs is 2. The minimum Gasteiger partial charge on any atom is -0.454 e. The van der Waals surface area contributed by atoms with Gasteiger partial charge in [-0.1, -0.05) is 24.3 Å². The van der Waals surface area contributed by atoms with Gasteiger partial charge in [-0.3, -0.25) is 0 Å². The van der Waals surface area contributed by atoms with Gasteiger partial charge in [0.15, 0.2) is 11.5 Å². The molecule has 114 valence electrons. The Morgan fingerprint density at radius 2 is 1.82 bits per heavy atom. The van der Waals surface area contributed by atoms with E-state index in [0.29, 0.717) is 12.7 Å². The Bertz CT molecular complexity index is 696. The molecule has 1 aliphatic heterocycles. The van der Waals surface area contributed by atoms with Crippen LogP contribution in [0, 0.1) is 0 Å². The van der Waals surface area contributed by atoms with Crippen molar-refractivity contribution in [2.24, 2.45) is 5.73 Å². The average molecular weight is 295 g/mol. The number of hydrogen-bond acceptors (Lipinski definition) is 3. The topological polar surface area (TPSA) is 44.5 Å². The molecule has 0 radical (unpaired) electrons. The summed E-state index contributed by atoms with van der Waals surface area (Å²) in [5.41, 5.74) is 11.2. The number of benzene rings is 2. The molecule has 2 aliphatic rings. The smallest absolute Gasteiger partial charge is 0.231 e. The zero-order chi connectivity index (χ0) is 14.9. The largest absolute Gasteiger partial charge is 0.454 e. The molecule has 1 atom stereocenters. The van der Waals surface area contributed by atoms with Crippen LogP contribution < -0.4 is 15.2 Å². The molecule has 0 amide bonds. The van der Waals surface area contributed by atoms with Crippen LogP contribution in [0.3, 0.4) is 0 Å². The SMILES string of the molecule is NCCC1CCCc2ccc(-c3ccc4c(c3)OCO4)cc21. The molecule has 0 saturated heterocycles. The number of nitrogens with two attached hydrogens (primary N) is 1. The van der Waals surface area contributed by atoms with Gasteiger partial charge in [0, 0.05) is 0 Å². The van der Waals surface area contributed by atoms with E-state index in [4.69, 9.17) is 15.2 Å². The first-order valence-electron chi connectivity index (χ1n) is 8.08. The van der Waals surface area contributed by atoms with Crippen LogP contribution >= 0.6 is 0 Å². The van der Waals surface area contributed by atoms with E-state index in [-0.39, 0.29) is 0 Å². The summed E-state index contributed by atoms with van der Waals surface area (Å²) in [6.07, 6.45) is 4.81. The number of aryl methyl sites for hydroxylation is 1. The molecule has 22 heavy (non-hydrogen) atoms. The molecule has 1 aliphatic carbocycles. The molecule has 3 nitrogen and oxygen atoms in total. The first kappa shape index (κ1) is 13.6. The van der Waals surface area contributed by atoms with Crippen LogP contribution in [0.5, 0.6) is 11.5 Å². The molecule has 2 N–H and O–H groups in total. The van der Waals surface area contributed by atoms with Gasteiger partial charge < -0.3 is 15.2 Å². The second kappa shape index (κ2) is 5.65. The minimum absolute atomic E-state index is 0.321. The second-order valence-corrected chi connectivity index (χ2v) is 6.15. The lowest BCUT2D eigenvalue weighted by molar-refractivity contribution is 0.174. The molecule has 0 spiro atoms. The predicted octanol–water partition coefficient (Wildman–Crippen LogP) is 3.85. The molecule has 2 aromatic carbocycles. The highest BCUT2D eigenvalue weighted by Crippen LogP contribution is 2.39. The summed E-state index contributed by atoms with van der Waals surface area (Å²) in [5.74, 6) is 2.29. The van der Waals surface area contributed by atoms with Crippen molar-refractivity contribution in [3.63, 3.8) is 0 Å². The second-order valence-electron chi connectivity index (χ2n) is 6.15. The van der Waals surface area contributed by atoms with E-state index in [1.165, 1.54) is 41.5 Å². The standard InChI is InChI=1S/C19H21NO2/c20-9-8-14-3-1-2-13-4-5-15(10-17(13)14)16-6-7-18-19(11-16)22-12-21-18/h4-7,10-11,14H,1-3,8-9,12,20H2. The highest BCUT2D eigenvalue weighted by molar-refractivity contribution is 5.69. The van der Waals surface area contributed by atoms with Crippen molar-refractivity contribution in [1.29, 1.82) is 0 Å². The predicted molar refractivity (Wildman–Crippen MR) is 87.4 cm³/mol. The Morgan fingerprint density at radius 3 is 2.73 bits per heavy atom. The summed E-state index contributed by atoms with van der Waals surface area (Å²) in [6, 6.07) is 13.0. The van der Waals surface area contributed by atoms with Gasteiger partial charge in [-0.2, -0.15) is 0 Å². The minimum atomic E-state index is 0.321. The van der Waals surface area contributed by atoms with Crippen LogP contribution in [-0.2, 0) is 6.42 Å². The normalized spacial score (nSPS) is 19.0. The number of ether oxygens (including phenoxy) is 2. The monoisotopic (exact) mass is 295 g/mol. The van der Waals surface area contributed by atoms with Crippen molar-refractivity contribution in [2.75, 3.05) is 13.3 Å². The van der Waals surface area contributed by atoms with E-state index >= 15 is 0 Å². The summed E-state index contributed by atoms with van der Waals surface area (Å²) in [4.78, 5) is 0. The number of rotatable bonds is 3. The van der Waals surface area contributed by atoms with Crippen molar-refractivity contribution in [3.05, 3.63) is 47.5 Å². The van der Waals surface area contributed by atoms with Gasteiger partial charge in [0.05, 0.1) is 0 Å². The molecule has 0 aromatic heterocycles. The molecule has 1 heterocycles. The maximum absolute atomic E-state index is 5.80. The van der Waals surface area contributed by atoms with E-state index in [0.717, 1.165) is 24.5 Å². The lowest BCUT2D eigenvalue weighted by Gasteiger charge is -2.26. The third kappa shape index (κ3) is 2.35. The van der Waals surface area contributed by atoms with Gasteiger partial charge in [0.1, 0.15) is 0 Å². The lowest BCUT2D eigenvalue weighted by atomic mass is 9.80. The van der Waals surface area contributed by atoms with Gasteiger partial charge in [0.25, 0.3) is 0 Å². The van der Waals surface area contributed by atoms with Crippen molar-refractivity contribution < 1.29 is 9.47 Å². The van der Waals surface area contributed by atoms with Gasteiger partial charge in [-0.15, -0.1) is 0 Å². The van der Waals surface area contributed by atoms with E-state index < -0.39 is 0 Å². The zero-order valence-corrected chi connectivity index (χ0v) is 12.7. The molecular formula is C19H21NO2. The van der Waals surface area contributed by atoms with E-state index in [2.05, 4.69) is 30.3 Å². The van der Waals surface area contributed by atoms with Gasteiger partial charge in [-0.25, -0.2) is 0 Å². The van der Waals surface area contributed by atoms with Crippen molar-refractivity contribution in [1.82, 2.24) is 0 Å². The maximum Gasteiger partial charge on any atom is 0.231 e. The van der Waals surface area contributed by atoms with Crippen LogP contribution in [0.2, 0.25) is 0 Å². The third-order valence-corrected chi connectivity index (χ3v) is 4.81. The summed E-state index contributed by atoms with van der Waals surface area (Å²) in [6.45, 7) is 1.08. The molecule has 0 bridgehead atoms. The first-order chi connectivity index (χ1) is 10.8. The van der Waals surface area contributed by atoms with Gasteiger partial charge >= 0.3 is 0 Å². The fourth-order valence-corrected chi connectivity index (χ4v) is 3.65. The molecule has 3 heteroatoms. The van der Waals surface area contributed by atoms with Crippen LogP contribution in [0.15, 0.2) is 36.4 Å². The maximum atomic E-state index is 5.80. The molecule has 4 rings (SSSR count). The third-order valence-electron chi connectivity index (χ3n) is 4.81. The highest BCUT2D eigenvalue weighted by atomic mass is 16.7. The van der Waals surface area contributed by atoms with Gasteiger partial charge in [0.2, 0.25) is 6.79 Å². The fourth-order valence-electron chi connectivity index (χ4n) is 3.65. The fraction of sp³-hybridized carbons (Fsp3) is 0.368. The first-order valence-corrected chi connectivity index (χ1v) is 8.08. The Labute approximate surface area is 131 Å². The van der Waals surface area contributed by atoms with E-state index in [1.54, 1.807) is 0 Å². The lowest BCUT2D eigenvalue weighted by Crippen LogP contribution is -2.14. The highest BCUT2D eigenvalue weighted by Gasteiger charge is 2.20. The Morgan fingerprint density at radius 1 is 1.00 bits per heavy atom. The van der Waals surface area contributed by atoms with Crippen LogP contribution in [0.1, 0.15) is 36.3 Å². The van der Waals surface area contributed by atoms with Crippen LogP contribution in [0.25, 0.3) is 11.1 Å². The van der Waals surface area contributed by atoms with Crippen molar-refractivity contribution in [3.8, 4) is 22.6 Å². The van der Waals surface area contributed by atoms with Crippen molar-refractivity contribution in [2.45, 2.75) is 31.6 Å².